The summed E-state index contributed by atoms with van der Waals surface area (Å²) in [4.78, 5) is 35.2. The molecule has 0 aliphatic rings. The molecule has 0 aromatic heterocycles. The van der Waals surface area contributed by atoms with Crippen molar-refractivity contribution in [3.8, 4) is 0 Å². The topological polar surface area (TPSA) is 84.5 Å². The summed E-state index contributed by atoms with van der Waals surface area (Å²) < 4.78 is 18.0. The van der Waals surface area contributed by atoms with Crippen LogP contribution in [0, 0.1) is 5.82 Å². The molecule has 0 radical (unpaired) electrons. The summed E-state index contributed by atoms with van der Waals surface area (Å²) in [5.74, 6) is -2.45. The second-order valence-corrected chi connectivity index (χ2v) is 5.28. The minimum atomic E-state index is -0.863. The fourth-order valence-corrected chi connectivity index (χ4v) is 2.02. The van der Waals surface area contributed by atoms with Crippen LogP contribution in [0.3, 0.4) is 0 Å². The van der Waals surface area contributed by atoms with Crippen molar-refractivity contribution in [2.45, 2.75) is 6.92 Å². The zero-order valence-corrected chi connectivity index (χ0v) is 14.0. The molecule has 0 saturated heterocycles. The Labute approximate surface area is 149 Å². The first-order valence-electron chi connectivity index (χ1n) is 7.71. The second kappa shape index (κ2) is 9.12. The number of halogens is 1. The van der Waals surface area contributed by atoms with Gasteiger partial charge < -0.3 is 15.4 Å². The zero-order chi connectivity index (χ0) is 18.9. The normalized spacial score (nSPS) is 10.8. The highest BCUT2D eigenvalue weighted by molar-refractivity contribution is 5.99. The highest BCUT2D eigenvalue weighted by atomic mass is 19.1. The summed E-state index contributed by atoms with van der Waals surface area (Å²) in [7, 11) is 0. The molecule has 0 fully saturated rings. The van der Waals surface area contributed by atoms with Crippen molar-refractivity contribution >= 4 is 29.5 Å². The van der Waals surface area contributed by atoms with Gasteiger partial charge in [-0.3, -0.25) is 9.59 Å². The molecule has 0 saturated carbocycles. The van der Waals surface area contributed by atoms with Crippen molar-refractivity contribution in [2.24, 2.45) is 0 Å². The fourth-order valence-electron chi connectivity index (χ4n) is 2.02. The van der Waals surface area contributed by atoms with Gasteiger partial charge in [0.2, 0.25) is 5.91 Å². The first kappa shape index (κ1) is 18.9. The molecule has 0 unspecified atom stereocenters. The predicted octanol–water partition coefficient (Wildman–Crippen LogP) is 2.48. The van der Waals surface area contributed by atoms with Gasteiger partial charge in [-0.2, -0.15) is 0 Å². The smallest absolute Gasteiger partial charge is 0.355 e. The van der Waals surface area contributed by atoms with E-state index in [1.54, 1.807) is 24.3 Å². The van der Waals surface area contributed by atoms with Gasteiger partial charge in [-0.05, 0) is 29.8 Å². The van der Waals surface area contributed by atoms with E-state index in [-0.39, 0.29) is 11.4 Å². The summed E-state index contributed by atoms with van der Waals surface area (Å²) in [6, 6.07) is 14.2. The number of hydrogen-bond acceptors (Lipinski definition) is 4. The van der Waals surface area contributed by atoms with Crippen LogP contribution in [0.25, 0.3) is 6.08 Å². The maximum Gasteiger partial charge on any atom is 0.355 e. The molecule has 2 N–H and O–H groups in total. The first-order chi connectivity index (χ1) is 12.4. The van der Waals surface area contributed by atoms with Gasteiger partial charge >= 0.3 is 5.97 Å². The number of carbonyl (C=O) groups is 3. The van der Waals surface area contributed by atoms with E-state index in [1.807, 2.05) is 6.07 Å². The molecule has 0 spiro atoms. The average molecular weight is 356 g/mol. The third-order valence-corrected chi connectivity index (χ3v) is 3.08. The molecular formula is C19H17FN2O4. The molecule has 0 bridgehead atoms. The van der Waals surface area contributed by atoms with Gasteiger partial charge in [-0.1, -0.05) is 36.4 Å². The molecule has 134 valence electrons. The van der Waals surface area contributed by atoms with Crippen LogP contribution in [0.4, 0.5) is 10.1 Å². The van der Waals surface area contributed by atoms with Gasteiger partial charge in [0.15, 0.2) is 6.61 Å². The van der Waals surface area contributed by atoms with Crippen LogP contribution < -0.4 is 10.6 Å². The van der Waals surface area contributed by atoms with E-state index in [2.05, 4.69) is 10.6 Å². The summed E-state index contributed by atoms with van der Waals surface area (Å²) in [6.45, 7) is 0.670. The standard InChI is InChI=1S/C19H17FN2O4/c1-13(23)21-17(10-14-6-3-2-4-7-14)19(25)26-12-18(24)22-16-9-5-8-15(20)11-16/h2-11H,12H2,1H3,(H,21,23)(H,22,24)/b17-10-. The zero-order valence-electron chi connectivity index (χ0n) is 14.0. The van der Waals surface area contributed by atoms with E-state index in [0.29, 0.717) is 5.56 Å². The van der Waals surface area contributed by atoms with Crippen LogP contribution in [0.1, 0.15) is 12.5 Å². The summed E-state index contributed by atoms with van der Waals surface area (Å²) in [5.41, 5.74) is 0.827. The Bertz CT molecular complexity index is 834. The fraction of sp³-hybridized carbons (Fsp3) is 0.105. The van der Waals surface area contributed by atoms with Gasteiger partial charge in [0.05, 0.1) is 0 Å². The Balaban J connectivity index is 1.99. The lowest BCUT2D eigenvalue weighted by atomic mass is 10.2. The summed E-state index contributed by atoms with van der Waals surface area (Å²) >= 11 is 0. The van der Waals surface area contributed by atoms with Crippen LogP contribution in [-0.4, -0.2) is 24.4 Å². The lowest BCUT2D eigenvalue weighted by Gasteiger charge is -2.09. The molecule has 2 aromatic rings. The lowest BCUT2D eigenvalue weighted by Crippen LogP contribution is -2.28. The Hall–Kier alpha value is -3.48. The molecule has 6 nitrogen and oxygen atoms in total. The van der Waals surface area contributed by atoms with Gasteiger partial charge in [0.1, 0.15) is 11.5 Å². The van der Waals surface area contributed by atoms with Crippen molar-refractivity contribution in [1.29, 1.82) is 0 Å². The van der Waals surface area contributed by atoms with Crippen LogP contribution in [0.2, 0.25) is 0 Å². The molecule has 7 heteroatoms. The van der Waals surface area contributed by atoms with Crippen LogP contribution in [0.5, 0.6) is 0 Å². The number of esters is 1. The Morgan fingerprint density at radius 2 is 1.81 bits per heavy atom. The first-order valence-corrected chi connectivity index (χ1v) is 7.71. The van der Waals surface area contributed by atoms with Crippen molar-refractivity contribution in [3.05, 3.63) is 71.7 Å². The number of rotatable bonds is 6. The number of hydrogen-bond donors (Lipinski definition) is 2. The summed E-state index contributed by atoms with van der Waals surface area (Å²) in [5, 5.41) is 4.78. The predicted molar refractivity (Wildman–Crippen MR) is 94.2 cm³/mol. The Kier molecular flexibility index (Phi) is 6.61. The SMILES string of the molecule is CC(=O)N/C(=C\c1ccccc1)C(=O)OCC(=O)Nc1cccc(F)c1. The molecule has 26 heavy (non-hydrogen) atoms. The van der Waals surface area contributed by atoms with E-state index in [0.717, 1.165) is 6.07 Å². The van der Waals surface area contributed by atoms with E-state index in [1.165, 1.54) is 31.2 Å². The van der Waals surface area contributed by atoms with Gasteiger partial charge in [-0.15, -0.1) is 0 Å². The van der Waals surface area contributed by atoms with Gasteiger partial charge in [0.25, 0.3) is 5.91 Å². The summed E-state index contributed by atoms with van der Waals surface area (Å²) in [6.07, 6.45) is 1.44. The van der Waals surface area contributed by atoms with Gasteiger partial charge in [-0.25, -0.2) is 9.18 Å². The number of amides is 2. The average Bonchev–Trinajstić information content (AvgIpc) is 2.59. The Morgan fingerprint density at radius 3 is 2.46 bits per heavy atom. The van der Waals surface area contributed by atoms with Crippen molar-refractivity contribution < 1.29 is 23.5 Å². The number of carbonyl (C=O) groups excluding carboxylic acids is 3. The maximum atomic E-state index is 13.1. The van der Waals surface area contributed by atoms with Crippen molar-refractivity contribution in [1.82, 2.24) is 5.32 Å². The largest absolute Gasteiger partial charge is 0.451 e. The molecule has 0 aliphatic carbocycles. The number of nitrogens with one attached hydrogen (secondary N) is 2. The molecule has 0 heterocycles. The Morgan fingerprint density at radius 1 is 1.08 bits per heavy atom. The molecule has 0 atom stereocenters. The van der Waals surface area contributed by atoms with Crippen LogP contribution in [0.15, 0.2) is 60.3 Å². The molecule has 2 rings (SSSR count). The minimum absolute atomic E-state index is 0.0951. The quantitative estimate of drug-likeness (QED) is 0.615. The maximum absolute atomic E-state index is 13.1. The third kappa shape index (κ3) is 6.20. The van der Waals surface area contributed by atoms with E-state index >= 15 is 0 Å². The third-order valence-electron chi connectivity index (χ3n) is 3.08. The molecule has 0 aliphatic heterocycles. The van der Waals surface area contributed by atoms with E-state index < -0.39 is 30.2 Å². The van der Waals surface area contributed by atoms with Gasteiger partial charge in [0, 0.05) is 12.6 Å². The van der Waals surface area contributed by atoms with Crippen LogP contribution >= 0.6 is 0 Å². The van der Waals surface area contributed by atoms with E-state index in [4.69, 9.17) is 4.74 Å². The number of ether oxygens (including phenoxy) is 1. The number of benzene rings is 2. The monoisotopic (exact) mass is 356 g/mol. The second-order valence-electron chi connectivity index (χ2n) is 5.28. The van der Waals surface area contributed by atoms with Crippen molar-refractivity contribution in [3.63, 3.8) is 0 Å². The highest BCUT2D eigenvalue weighted by Gasteiger charge is 2.15. The molecule has 2 amide bonds. The minimum Gasteiger partial charge on any atom is -0.451 e. The van der Waals surface area contributed by atoms with Crippen LogP contribution in [-0.2, 0) is 19.1 Å². The highest BCUT2D eigenvalue weighted by Crippen LogP contribution is 2.09. The lowest BCUT2D eigenvalue weighted by molar-refractivity contribution is -0.144. The number of anilines is 1. The molecule has 2 aromatic carbocycles. The van der Waals surface area contributed by atoms with E-state index in [9.17, 15) is 18.8 Å². The molecular weight excluding hydrogens is 339 g/mol. The van der Waals surface area contributed by atoms with Crippen molar-refractivity contribution in [2.75, 3.05) is 11.9 Å².